The van der Waals surface area contributed by atoms with Gasteiger partial charge < -0.3 is 19.7 Å². The molecule has 3 aromatic rings. The van der Waals surface area contributed by atoms with Gasteiger partial charge in [0, 0.05) is 37.0 Å². The van der Waals surface area contributed by atoms with Crippen molar-refractivity contribution in [3.8, 4) is 5.75 Å². The zero-order chi connectivity index (χ0) is 26.2. The molecule has 2 atom stereocenters. The first kappa shape index (κ1) is 25.3. The highest BCUT2D eigenvalue weighted by Gasteiger charge is 2.36. The molecule has 1 N–H and O–H groups in total. The number of rotatable bonds is 6. The maximum absolute atomic E-state index is 14.2. The number of aryl methyl sites for hydroxylation is 1. The van der Waals surface area contributed by atoms with E-state index in [1.165, 1.54) is 25.4 Å². The molecule has 0 bridgehead atoms. The van der Waals surface area contributed by atoms with E-state index in [0.717, 1.165) is 23.8 Å². The zero-order valence-electron chi connectivity index (χ0n) is 21.1. The third-order valence-electron chi connectivity index (χ3n) is 6.81. The summed E-state index contributed by atoms with van der Waals surface area (Å²) in [6.45, 7) is 4.17. The number of nitrogens with zero attached hydrogens (tertiary/aromatic N) is 4. The molecule has 2 aliphatic heterocycles. The monoisotopic (exact) mass is 527 g/mol. The largest absolute Gasteiger partial charge is 0.483 e. The molecule has 1 amide bonds. The summed E-state index contributed by atoms with van der Waals surface area (Å²) in [7, 11) is -0.645. The molecule has 1 aromatic heterocycles. The average molecular weight is 528 g/mol. The van der Waals surface area contributed by atoms with Gasteiger partial charge in [-0.15, -0.1) is 0 Å². The lowest BCUT2D eigenvalue weighted by molar-refractivity contribution is -0.128. The van der Waals surface area contributed by atoms with Gasteiger partial charge >= 0.3 is 0 Å². The Labute approximate surface area is 215 Å². The van der Waals surface area contributed by atoms with Crippen LogP contribution in [-0.2, 0) is 19.3 Å². The molecule has 0 saturated carbocycles. The fourth-order valence-corrected chi connectivity index (χ4v) is 7.08. The molecule has 2 aliphatic rings. The van der Waals surface area contributed by atoms with E-state index in [4.69, 9.17) is 9.47 Å². The van der Waals surface area contributed by atoms with Crippen LogP contribution in [0.3, 0.4) is 0 Å². The van der Waals surface area contributed by atoms with Crippen molar-refractivity contribution in [3.63, 3.8) is 0 Å². The van der Waals surface area contributed by atoms with Crippen LogP contribution in [-0.4, -0.2) is 68.9 Å². The molecule has 2 saturated heterocycles. The third-order valence-corrected chi connectivity index (χ3v) is 9.20. The number of methoxy groups -OCH3 is 1. The minimum Gasteiger partial charge on any atom is -0.483 e. The van der Waals surface area contributed by atoms with Gasteiger partial charge in [0.05, 0.1) is 39.7 Å². The van der Waals surface area contributed by atoms with Crippen LogP contribution in [0.25, 0.3) is 10.9 Å². The van der Waals surface area contributed by atoms with E-state index in [1.807, 2.05) is 19.1 Å². The molecule has 9 nitrogen and oxygen atoms in total. The van der Waals surface area contributed by atoms with Gasteiger partial charge in [-0.1, -0.05) is 0 Å². The predicted molar refractivity (Wildman–Crippen MR) is 141 cm³/mol. The number of fused-ring (bicyclic) bond motifs is 1. The Kier molecular flexibility index (Phi) is 7.00. The molecule has 11 heteroatoms. The Morgan fingerprint density at radius 3 is 2.65 bits per heavy atom. The van der Waals surface area contributed by atoms with Crippen molar-refractivity contribution in [2.45, 2.75) is 38.9 Å². The van der Waals surface area contributed by atoms with Crippen molar-refractivity contribution >= 4 is 43.7 Å². The number of aromatic nitrogens is 2. The summed E-state index contributed by atoms with van der Waals surface area (Å²) in [5.74, 6) is 1.54. The number of amides is 1. The lowest BCUT2D eigenvalue weighted by Crippen LogP contribution is -2.32. The van der Waals surface area contributed by atoms with E-state index in [-0.39, 0.29) is 17.8 Å². The van der Waals surface area contributed by atoms with Crippen molar-refractivity contribution in [1.29, 1.82) is 0 Å². The van der Waals surface area contributed by atoms with Gasteiger partial charge in [0.25, 0.3) is 0 Å². The zero-order valence-corrected chi connectivity index (χ0v) is 21.9. The van der Waals surface area contributed by atoms with Crippen LogP contribution < -0.4 is 10.1 Å². The second-order valence-corrected chi connectivity index (χ2v) is 12.0. The highest BCUT2D eigenvalue weighted by molar-refractivity contribution is 7.93. The number of likely N-dealkylation sites (tertiary alicyclic amines) is 1. The molecule has 0 radical (unpaired) electrons. The van der Waals surface area contributed by atoms with E-state index in [9.17, 15) is 13.4 Å². The lowest BCUT2D eigenvalue weighted by atomic mass is 10.1. The molecule has 0 unspecified atom stereocenters. The maximum atomic E-state index is 14.2. The molecule has 37 heavy (non-hydrogen) atoms. The van der Waals surface area contributed by atoms with Crippen LogP contribution in [0.2, 0.25) is 0 Å². The SMILES string of the molecule is CO[C@@H]1CN(C(C)=O)C[C@H]1Oc1cc(F)ccc1Nc1ncnc2cc(N=S3(=O)CCCC3)cc(C)c12. The fourth-order valence-electron chi connectivity index (χ4n) is 4.89. The van der Waals surface area contributed by atoms with E-state index in [1.54, 1.807) is 18.1 Å². The molecule has 0 aliphatic carbocycles. The van der Waals surface area contributed by atoms with Gasteiger partial charge in [-0.25, -0.2) is 18.6 Å². The number of nitrogens with one attached hydrogen (secondary N) is 1. The number of anilines is 2. The smallest absolute Gasteiger partial charge is 0.219 e. The second-order valence-electron chi connectivity index (χ2n) is 9.48. The van der Waals surface area contributed by atoms with Crippen LogP contribution in [0.15, 0.2) is 41.0 Å². The van der Waals surface area contributed by atoms with Gasteiger partial charge in [0.15, 0.2) is 0 Å². The topological polar surface area (TPSA) is 106 Å². The second kappa shape index (κ2) is 10.2. The highest BCUT2D eigenvalue weighted by Crippen LogP contribution is 2.35. The van der Waals surface area contributed by atoms with Crippen LogP contribution in [0, 0.1) is 12.7 Å². The van der Waals surface area contributed by atoms with Crippen molar-refractivity contribution in [2.24, 2.45) is 4.36 Å². The Hall–Kier alpha value is -3.31. The standard InChI is InChI=1S/C26H30FN5O4S/c1-16-10-19(31-37(34)8-4-5-9-37)12-21-25(16)26(29-15-28-21)30-20-7-6-18(27)11-22(20)36-24-14-32(17(2)33)13-23(24)35-3/h6-7,10-12,15,23-24H,4-5,8-9,13-14H2,1-3H3,(H,28,29,30)/t23-,24-/m1/s1. The Bertz CT molecular complexity index is 1460. The molecule has 2 aromatic carbocycles. The minimum absolute atomic E-state index is 0.0720. The van der Waals surface area contributed by atoms with Crippen molar-refractivity contribution in [3.05, 3.63) is 48.0 Å². The summed E-state index contributed by atoms with van der Waals surface area (Å²) in [5, 5.41) is 4.05. The minimum atomic E-state index is -2.21. The maximum Gasteiger partial charge on any atom is 0.219 e. The quantitative estimate of drug-likeness (QED) is 0.508. The Morgan fingerprint density at radius 1 is 1.16 bits per heavy atom. The highest BCUT2D eigenvalue weighted by atomic mass is 32.2. The van der Waals surface area contributed by atoms with E-state index in [0.29, 0.717) is 47.3 Å². The first-order valence-electron chi connectivity index (χ1n) is 12.2. The van der Waals surface area contributed by atoms with Crippen molar-refractivity contribution in [1.82, 2.24) is 14.9 Å². The molecular weight excluding hydrogens is 497 g/mol. The molecule has 196 valence electrons. The van der Waals surface area contributed by atoms with Gasteiger partial charge in [0.1, 0.15) is 35.9 Å². The number of hydrogen-bond donors (Lipinski definition) is 1. The number of benzene rings is 2. The van der Waals surface area contributed by atoms with Gasteiger partial charge in [0.2, 0.25) is 5.91 Å². The van der Waals surface area contributed by atoms with Crippen LogP contribution in [0.5, 0.6) is 5.75 Å². The summed E-state index contributed by atoms with van der Waals surface area (Å²) in [4.78, 5) is 22.4. The first-order valence-corrected chi connectivity index (χ1v) is 14.1. The molecule has 0 spiro atoms. The molecule has 3 heterocycles. The van der Waals surface area contributed by atoms with Crippen molar-refractivity contribution < 1.29 is 22.9 Å². The molecule has 5 rings (SSSR count). The van der Waals surface area contributed by atoms with Crippen molar-refractivity contribution in [2.75, 3.05) is 37.0 Å². The normalized spacial score (nSPS) is 20.8. The molecular formula is C26H30FN5O4S. The fraction of sp³-hybridized carbons (Fsp3) is 0.423. The predicted octanol–water partition coefficient (Wildman–Crippen LogP) is 4.34. The number of hydrogen-bond acceptors (Lipinski definition) is 8. The Balaban J connectivity index is 1.47. The number of carbonyl (C=O) groups is 1. The summed E-state index contributed by atoms with van der Waals surface area (Å²) in [5.41, 5.74) is 2.69. The van der Waals surface area contributed by atoms with Crippen LogP contribution >= 0.6 is 0 Å². The van der Waals surface area contributed by atoms with E-state index in [2.05, 4.69) is 19.6 Å². The lowest BCUT2D eigenvalue weighted by Gasteiger charge is -2.21. The molecule has 2 fully saturated rings. The number of ether oxygens (including phenoxy) is 2. The van der Waals surface area contributed by atoms with Gasteiger partial charge in [-0.3, -0.25) is 4.79 Å². The summed E-state index contributed by atoms with van der Waals surface area (Å²) >= 11 is 0. The summed E-state index contributed by atoms with van der Waals surface area (Å²) in [6, 6.07) is 7.94. The summed E-state index contributed by atoms with van der Waals surface area (Å²) in [6.07, 6.45) is 2.52. The van der Waals surface area contributed by atoms with E-state index < -0.39 is 21.7 Å². The number of carbonyl (C=O) groups excluding carboxylic acids is 1. The average Bonchev–Trinajstić information content (AvgIpc) is 3.46. The summed E-state index contributed by atoms with van der Waals surface area (Å²) < 4.78 is 43.4. The Morgan fingerprint density at radius 2 is 1.92 bits per heavy atom. The number of halogens is 1. The van der Waals surface area contributed by atoms with Gasteiger partial charge in [-0.2, -0.15) is 4.36 Å². The third kappa shape index (κ3) is 5.37. The first-order chi connectivity index (χ1) is 17.7. The van der Waals surface area contributed by atoms with Crippen LogP contribution in [0.4, 0.5) is 21.6 Å². The van der Waals surface area contributed by atoms with Crippen LogP contribution in [0.1, 0.15) is 25.3 Å². The van der Waals surface area contributed by atoms with Gasteiger partial charge in [-0.05, 0) is 49.6 Å². The van der Waals surface area contributed by atoms with E-state index >= 15 is 0 Å².